The number of methoxy groups -OCH3 is 1. The van der Waals surface area contributed by atoms with Crippen molar-refractivity contribution < 1.29 is 4.74 Å². The first-order valence-corrected chi connectivity index (χ1v) is 9.97. The lowest BCUT2D eigenvalue weighted by atomic mass is 9.69. The van der Waals surface area contributed by atoms with E-state index in [2.05, 4.69) is 19.1 Å². The molecule has 0 amide bonds. The number of allylic oxidation sites excluding steroid dienone is 2. The van der Waals surface area contributed by atoms with Crippen LogP contribution in [0.4, 0.5) is 0 Å². The fraction of sp³-hybridized carbons (Fsp3) is 0.905. The van der Waals surface area contributed by atoms with Gasteiger partial charge in [0, 0.05) is 13.7 Å². The topological polar surface area (TPSA) is 9.23 Å². The molecule has 2 rings (SSSR count). The summed E-state index contributed by atoms with van der Waals surface area (Å²) >= 11 is 0. The average molecular weight is 307 g/mol. The Labute approximate surface area is 138 Å². The summed E-state index contributed by atoms with van der Waals surface area (Å²) in [5, 5.41) is 0. The number of unbranched alkanes of at least 4 members (excludes halogenated alkanes) is 1. The monoisotopic (exact) mass is 306 g/mol. The van der Waals surface area contributed by atoms with Gasteiger partial charge in [0.1, 0.15) is 0 Å². The summed E-state index contributed by atoms with van der Waals surface area (Å²) in [6.07, 6.45) is 21.9. The zero-order chi connectivity index (χ0) is 15.6. The Morgan fingerprint density at radius 1 is 0.818 bits per heavy atom. The van der Waals surface area contributed by atoms with Crippen molar-refractivity contribution in [3.05, 3.63) is 12.2 Å². The van der Waals surface area contributed by atoms with Crippen molar-refractivity contribution in [2.45, 2.75) is 84.0 Å². The van der Waals surface area contributed by atoms with Crippen molar-refractivity contribution >= 4 is 0 Å². The molecular formula is C21H38O. The Hall–Kier alpha value is -0.300. The van der Waals surface area contributed by atoms with Crippen molar-refractivity contribution in [1.29, 1.82) is 0 Å². The van der Waals surface area contributed by atoms with Crippen LogP contribution >= 0.6 is 0 Å². The van der Waals surface area contributed by atoms with Crippen molar-refractivity contribution in [2.75, 3.05) is 13.7 Å². The number of ether oxygens (including phenoxy) is 1. The number of hydrogen-bond donors (Lipinski definition) is 0. The summed E-state index contributed by atoms with van der Waals surface area (Å²) in [7, 11) is 1.85. The van der Waals surface area contributed by atoms with Gasteiger partial charge >= 0.3 is 0 Å². The van der Waals surface area contributed by atoms with Crippen molar-refractivity contribution in [1.82, 2.24) is 0 Å². The second-order valence-corrected chi connectivity index (χ2v) is 7.83. The molecule has 0 bridgehead atoms. The SMILES string of the molecule is CC/C=C\CCC[C@H]1CC[C@H](C2CCC(COC)CC2)CC1. The highest BCUT2D eigenvalue weighted by Gasteiger charge is 2.30. The molecule has 0 aromatic rings. The van der Waals surface area contributed by atoms with Gasteiger partial charge in [-0.3, -0.25) is 0 Å². The molecule has 2 aliphatic carbocycles. The van der Waals surface area contributed by atoms with Gasteiger partial charge < -0.3 is 4.74 Å². The molecule has 0 aromatic heterocycles. The van der Waals surface area contributed by atoms with E-state index in [4.69, 9.17) is 4.74 Å². The lowest BCUT2D eigenvalue weighted by molar-refractivity contribution is 0.0926. The molecule has 1 nitrogen and oxygen atoms in total. The summed E-state index contributed by atoms with van der Waals surface area (Å²) < 4.78 is 5.33. The predicted molar refractivity (Wildman–Crippen MR) is 96.1 cm³/mol. The van der Waals surface area contributed by atoms with Crippen LogP contribution in [0, 0.1) is 23.7 Å². The molecule has 0 N–H and O–H groups in total. The fourth-order valence-corrected chi connectivity index (χ4v) is 4.82. The molecule has 0 heterocycles. The zero-order valence-corrected chi connectivity index (χ0v) is 15.1. The van der Waals surface area contributed by atoms with E-state index in [1.807, 2.05) is 7.11 Å². The third-order valence-corrected chi connectivity index (χ3v) is 6.24. The van der Waals surface area contributed by atoms with Crippen LogP contribution < -0.4 is 0 Å². The maximum atomic E-state index is 5.33. The smallest absolute Gasteiger partial charge is 0.0490 e. The van der Waals surface area contributed by atoms with Crippen molar-refractivity contribution in [3.63, 3.8) is 0 Å². The molecule has 128 valence electrons. The van der Waals surface area contributed by atoms with Gasteiger partial charge in [-0.1, -0.05) is 38.3 Å². The standard InChI is InChI=1S/C21H38O/c1-3-4-5-6-7-8-18-9-13-20(14-10-18)21-15-11-19(12-16-21)17-22-2/h4-5,18-21H,3,6-17H2,1-2H3/b5-4-/t18-,19?,20-,21?. The predicted octanol–water partition coefficient (Wildman–Crippen LogP) is 6.38. The molecule has 2 fully saturated rings. The Morgan fingerprint density at radius 2 is 1.41 bits per heavy atom. The molecule has 0 spiro atoms. The Balaban J connectivity index is 1.58. The second kappa shape index (κ2) is 10.5. The highest BCUT2D eigenvalue weighted by atomic mass is 16.5. The minimum Gasteiger partial charge on any atom is -0.384 e. The highest BCUT2D eigenvalue weighted by Crippen LogP contribution is 2.42. The molecule has 0 unspecified atom stereocenters. The van der Waals surface area contributed by atoms with E-state index in [1.54, 1.807) is 0 Å². The molecular weight excluding hydrogens is 268 g/mol. The van der Waals surface area contributed by atoms with E-state index in [0.29, 0.717) is 0 Å². The lowest BCUT2D eigenvalue weighted by Crippen LogP contribution is -2.27. The molecule has 2 aliphatic rings. The zero-order valence-electron chi connectivity index (χ0n) is 15.1. The van der Waals surface area contributed by atoms with Gasteiger partial charge in [0.2, 0.25) is 0 Å². The van der Waals surface area contributed by atoms with E-state index in [1.165, 1.54) is 77.0 Å². The summed E-state index contributed by atoms with van der Waals surface area (Å²) in [6, 6.07) is 0. The van der Waals surface area contributed by atoms with E-state index in [9.17, 15) is 0 Å². The molecule has 0 atom stereocenters. The van der Waals surface area contributed by atoms with Gasteiger partial charge in [0.05, 0.1) is 0 Å². The molecule has 0 aliphatic heterocycles. The molecule has 1 heteroatoms. The molecule has 2 saturated carbocycles. The van der Waals surface area contributed by atoms with Gasteiger partial charge in [-0.25, -0.2) is 0 Å². The third kappa shape index (κ3) is 6.07. The van der Waals surface area contributed by atoms with Crippen LogP contribution in [0.25, 0.3) is 0 Å². The average Bonchev–Trinajstić information content (AvgIpc) is 2.56. The highest BCUT2D eigenvalue weighted by molar-refractivity contribution is 4.83. The van der Waals surface area contributed by atoms with E-state index in [-0.39, 0.29) is 0 Å². The van der Waals surface area contributed by atoms with Crippen LogP contribution in [0.1, 0.15) is 84.0 Å². The van der Waals surface area contributed by atoms with Crippen LogP contribution in [-0.2, 0) is 4.74 Å². The van der Waals surface area contributed by atoms with Gasteiger partial charge in [0.25, 0.3) is 0 Å². The third-order valence-electron chi connectivity index (χ3n) is 6.24. The number of rotatable bonds is 8. The molecule has 0 radical (unpaired) electrons. The minimum atomic E-state index is 0.855. The summed E-state index contributed by atoms with van der Waals surface area (Å²) in [4.78, 5) is 0. The van der Waals surface area contributed by atoms with Crippen molar-refractivity contribution in [3.8, 4) is 0 Å². The summed E-state index contributed by atoms with van der Waals surface area (Å²) in [5.41, 5.74) is 0. The van der Waals surface area contributed by atoms with E-state index in [0.717, 1.165) is 30.3 Å². The van der Waals surface area contributed by atoms with Crippen LogP contribution in [-0.4, -0.2) is 13.7 Å². The maximum Gasteiger partial charge on any atom is 0.0490 e. The fourth-order valence-electron chi connectivity index (χ4n) is 4.82. The second-order valence-electron chi connectivity index (χ2n) is 7.83. The molecule has 0 saturated heterocycles. The minimum absolute atomic E-state index is 0.855. The first-order valence-electron chi connectivity index (χ1n) is 9.97. The molecule has 0 aromatic carbocycles. The first kappa shape index (κ1) is 18.0. The Morgan fingerprint density at radius 3 is 1.95 bits per heavy atom. The van der Waals surface area contributed by atoms with Gasteiger partial charge in [-0.2, -0.15) is 0 Å². The van der Waals surface area contributed by atoms with Crippen molar-refractivity contribution in [2.24, 2.45) is 23.7 Å². The largest absolute Gasteiger partial charge is 0.384 e. The maximum absolute atomic E-state index is 5.33. The quantitative estimate of drug-likeness (QED) is 0.373. The van der Waals surface area contributed by atoms with Crippen LogP contribution in [0.2, 0.25) is 0 Å². The normalized spacial score (nSPS) is 33.4. The Bertz CT molecular complexity index is 293. The van der Waals surface area contributed by atoms with Crippen LogP contribution in [0.3, 0.4) is 0 Å². The molecule has 22 heavy (non-hydrogen) atoms. The van der Waals surface area contributed by atoms with Crippen LogP contribution in [0.15, 0.2) is 12.2 Å². The van der Waals surface area contributed by atoms with E-state index >= 15 is 0 Å². The first-order chi connectivity index (χ1) is 10.8. The van der Waals surface area contributed by atoms with Gasteiger partial charge in [-0.05, 0) is 81.5 Å². The summed E-state index contributed by atoms with van der Waals surface area (Å²) in [6.45, 7) is 3.21. The number of hydrogen-bond acceptors (Lipinski definition) is 1. The van der Waals surface area contributed by atoms with Gasteiger partial charge in [-0.15, -0.1) is 0 Å². The van der Waals surface area contributed by atoms with Gasteiger partial charge in [0.15, 0.2) is 0 Å². The van der Waals surface area contributed by atoms with Crippen LogP contribution in [0.5, 0.6) is 0 Å². The summed E-state index contributed by atoms with van der Waals surface area (Å²) in [5.74, 6) is 3.99. The lowest BCUT2D eigenvalue weighted by Gasteiger charge is -2.37. The Kier molecular flexibility index (Phi) is 8.59. The van der Waals surface area contributed by atoms with E-state index < -0.39 is 0 Å².